The van der Waals surface area contributed by atoms with Crippen molar-refractivity contribution in [3.05, 3.63) is 0 Å². The number of alkyl halides is 2. The van der Waals surface area contributed by atoms with Gasteiger partial charge in [0, 0.05) is 14.2 Å². The Balaban J connectivity index is 3.80. The molecule has 0 heterocycles. The molecule has 0 fully saturated rings. The smallest absolute Gasteiger partial charge is 0.367 e. The average Bonchev–Trinajstić information content (AvgIpc) is 1.87. The van der Waals surface area contributed by atoms with Gasteiger partial charge in [-0.15, -0.1) is 0 Å². The van der Waals surface area contributed by atoms with Gasteiger partial charge in [-0.2, -0.15) is 8.78 Å². The lowest BCUT2D eigenvalue weighted by Gasteiger charge is -2.17. The van der Waals surface area contributed by atoms with Crippen molar-refractivity contribution in [2.45, 2.75) is 6.61 Å². The first-order chi connectivity index (χ1) is 4.54. The fraction of sp³-hybridized carbons (Fsp3) is 1.00. The summed E-state index contributed by atoms with van der Waals surface area (Å²) >= 11 is 0. The molecule has 0 unspecified atom stereocenters. The highest BCUT2D eigenvalue weighted by atomic mass is 28.4. The summed E-state index contributed by atoms with van der Waals surface area (Å²) in [6.45, 7) is -3.09. The van der Waals surface area contributed by atoms with E-state index >= 15 is 0 Å². The molecule has 4 nitrogen and oxygen atoms in total. The van der Waals surface area contributed by atoms with Crippen molar-refractivity contribution < 1.29 is 26.9 Å². The van der Waals surface area contributed by atoms with E-state index in [1.54, 1.807) is 0 Å². The monoisotopic (exact) mass is 174 g/mol. The normalized spacial score (nSPS) is 12.6. The van der Waals surface area contributed by atoms with Crippen LogP contribution in [0.3, 0.4) is 0 Å². The number of rotatable bonds is 4. The molecule has 0 aromatic carbocycles. The molecular weight excluding hydrogens is 166 g/mol. The Kier molecular flexibility index (Phi) is 3.90. The minimum Gasteiger partial charge on any atom is -0.367 e. The maximum absolute atomic E-state index is 11.4. The van der Waals surface area contributed by atoms with Crippen molar-refractivity contribution in [1.82, 2.24) is 0 Å². The van der Waals surface area contributed by atoms with E-state index in [1.807, 2.05) is 0 Å². The Bertz CT molecular complexity index is 96.5. The van der Waals surface area contributed by atoms with Gasteiger partial charge in [-0.25, -0.2) is 0 Å². The number of halogens is 2. The lowest BCUT2D eigenvalue weighted by atomic mass is 11.5. The molecule has 0 saturated heterocycles. The molecule has 0 aliphatic rings. The Morgan fingerprint density at radius 2 is 1.70 bits per heavy atom. The van der Waals surface area contributed by atoms with Crippen LogP contribution in [-0.4, -0.2) is 34.7 Å². The fourth-order valence-corrected chi connectivity index (χ4v) is 0.876. The van der Waals surface area contributed by atoms with Gasteiger partial charge in [0.1, 0.15) is 0 Å². The third kappa shape index (κ3) is 3.18. The lowest BCUT2D eigenvalue weighted by molar-refractivity contribution is -0.123. The quantitative estimate of drug-likeness (QED) is 0.607. The topological polar surface area (TPSA) is 47.9 Å². The van der Waals surface area contributed by atoms with Crippen LogP contribution in [0, 0.1) is 0 Å². The van der Waals surface area contributed by atoms with Crippen LogP contribution in [0.1, 0.15) is 0 Å². The van der Waals surface area contributed by atoms with E-state index in [1.165, 1.54) is 0 Å². The van der Waals surface area contributed by atoms with Crippen LogP contribution in [0.5, 0.6) is 0 Å². The maximum atomic E-state index is 11.4. The summed E-state index contributed by atoms with van der Waals surface area (Å²) in [6, 6.07) is 0. The third-order valence-electron chi connectivity index (χ3n) is 0.754. The summed E-state index contributed by atoms with van der Waals surface area (Å²) < 4.78 is 34.8. The first-order valence-corrected chi connectivity index (χ1v) is 4.00. The van der Waals surface area contributed by atoms with Crippen molar-refractivity contribution in [2.75, 3.05) is 14.2 Å². The van der Waals surface area contributed by atoms with E-state index in [4.69, 9.17) is 4.80 Å². The van der Waals surface area contributed by atoms with Crippen LogP contribution in [0.15, 0.2) is 0 Å². The molecule has 7 heteroatoms. The molecule has 0 aromatic rings. The maximum Gasteiger partial charge on any atom is 0.680 e. The molecule has 0 saturated carbocycles. The van der Waals surface area contributed by atoms with Gasteiger partial charge < -0.3 is 13.6 Å². The SMILES string of the molecule is CO[Si](O)(OC)OC(F)F. The second kappa shape index (κ2) is 3.94. The van der Waals surface area contributed by atoms with Crippen LogP contribution in [-0.2, 0) is 13.3 Å². The summed E-state index contributed by atoms with van der Waals surface area (Å²) in [5, 5.41) is 0. The van der Waals surface area contributed by atoms with Gasteiger partial charge in [-0.05, 0) is 0 Å². The number of hydrogen-bond acceptors (Lipinski definition) is 4. The van der Waals surface area contributed by atoms with E-state index in [0.717, 1.165) is 14.2 Å². The third-order valence-corrected chi connectivity index (χ3v) is 2.26. The predicted molar refractivity (Wildman–Crippen MR) is 29.1 cm³/mol. The van der Waals surface area contributed by atoms with Gasteiger partial charge in [0.2, 0.25) is 0 Å². The summed E-state index contributed by atoms with van der Waals surface area (Å²) in [7, 11) is -1.96. The molecule has 0 atom stereocenters. The fourth-order valence-electron chi connectivity index (χ4n) is 0.292. The predicted octanol–water partition coefficient (Wildman–Crippen LogP) is -0.0537. The highest BCUT2D eigenvalue weighted by Gasteiger charge is 2.41. The average molecular weight is 174 g/mol. The molecule has 0 bridgehead atoms. The number of hydrogen-bond donors (Lipinski definition) is 1. The van der Waals surface area contributed by atoms with E-state index in [2.05, 4.69) is 13.3 Å². The minimum atomic E-state index is -4.01. The van der Waals surface area contributed by atoms with Crippen LogP contribution in [0.4, 0.5) is 8.78 Å². The van der Waals surface area contributed by atoms with Crippen LogP contribution in [0.25, 0.3) is 0 Å². The molecular formula is C3H8F2O4Si. The highest BCUT2D eigenvalue weighted by molar-refractivity contribution is 6.51. The minimum absolute atomic E-state index is 1.03. The van der Waals surface area contributed by atoms with Crippen molar-refractivity contribution in [3.63, 3.8) is 0 Å². The van der Waals surface area contributed by atoms with Gasteiger partial charge >= 0.3 is 15.7 Å². The summed E-state index contributed by atoms with van der Waals surface area (Å²) in [4.78, 5) is 8.79. The molecule has 1 N–H and O–H groups in total. The molecule has 10 heavy (non-hydrogen) atoms. The molecule has 0 aromatic heterocycles. The Morgan fingerprint density at radius 1 is 1.30 bits per heavy atom. The van der Waals surface area contributed by atoms with E-state index in [9.17, 15) is 8.78 Å². The summed E-state index contributed by atoms with van der Waals surface area (Å²) in [5.41, 5.74) is 0. The molecule has 0 spiro atoms. The molecule has 0 amide bonds. The van der Waals surface area contributed by atoms with Crippen LogP contribution < -0.4 is 0 Å². The van der Waals surface area contributed by atoms with Crippen LogP contribution in [0.2, 0.25) is 0 Å². The van der Waals surface area contributed by atoms with Gasteiger partial charge in [0.25, 0.3) is 0 Å². The van der Waals surface area contributed by atoms with E-state index < -0.39 is 15.7 Å². The first-order valence-electron chi connectivity index (χ1n) is 2.32. The lowest BCUT2D eigenvalue weighted by Crippen LogP contribution is -2.45. The molecule has 0 aliphatic heterocycles. The second-order valence-electron chi connectivity index (χ2n) is 1.31. The Hall–Kier alpha value is -0.0831. The van der Waals surface area contributed by atoms with Crippen molar-refractivity contribution >= 4 is 9.05 Å². The Morgan fingerprint density at radius 3 is 1.80 bits per heavy atom. The zero-order valence-corrected chi connectivity index (χ0v) is 6.51. The standard InChI is InChI=1S/C3H8F2O4Si/c1-7-10(6,8-2)9-3(4)5/h3,6H,1-2H3. The van der Waals surface area contributed by atoms with Gasteiger partial charge in [0.15, 0.2) is 0 Å². The summed E-state index contributed by atoms with van der Waals surface area (Å²) in [5.74, 6) is 0. The van der Waals surface area contributed by atoms with Gasteiger partial charge in [0.05, 0.1) is 0 Å². The highest BCUT2D eigenvalue weighted by Crippen LogP contribution is 2.07. The van der Waals surface area contributed by atoms with Crippen LogP contribution >= 0.6 is 0 Å². The van der Waals surface area contributed by atoms with E-state index in [-0.39, 0.29) is 0 Å². The zero-order valence-electron chi connectivity index (χ0n) is 5.51. The summed E-state index contributed by atoms with van der Waals surface area (Å²) in [6.07, 6.45) is 0. The van der Waals surface area contributed by atoms with Gasteiger partial charge in [-0.1, -0.05) is 0 Å². The molecule has 0 aliphatic carbocycles. The second-order valence-corrected chi connectivity index (χ2v) is 3.41. The van der Waals surface area contributed by atoms with Gasteiger partial charge in [-0.3, -0.25) is 4.43 Å². The Labute approximate surface area is 57.8 Å². The molecule has 0 radical (unpaired) electrons. The van der Waals surface area contributed by atoms with E-state index in [0.29, 0.717) is 0 Å². The largest absolute Gasteiger partial charge is 0.680 e. The molecule has 0 rings (SSSR count). The van der Waals surface area contributed by atoms with Crippen molar-refractivity contribution in [2.24, 2.45) is 0 Å². The van der Waals surface area contributed by atoms with Crippen molar-refractivity contribution in [3.8, 4) is 0 Å². The molecule has 62 valence electrons. The zero-order chi connectivity index (χ0) is 8.20. The van der Waals surface area contributed by atoms with Crippen molar-refractivity contribution in [1.29, 1.82) is 0 Å². The first kappa shape index (κ1) is 9.92.